The Morgan fingerprint density at radius 2 is 1.82 bits per heavy atom. The number of benzene rings is 2. The van der Waals surface area contributed by atoms with Crippen LogP contribution < -0.4 is 16.2 Å². The van der Waals surface area contributed by atoms with Crippen LogP contribution in [-0.2, 0) is 16.2 Å². The summed E-state index contributed by atoms with van der Waals surface area (Å²) >= 11 is 0. The molecule has 0 fully saturated rings. The van der Waals surface area contributed by atoms with E-state index in [1.165, 1.54) is 4.68 Å². The first-order chi connectivity index (χ1) is 16.2. The Labute approximate surface area is 193 Å². The maximum atomic E-state index is 12.4. The Kier molecular flexibility index (Phi) is 7.21. The van der Waals surface area contributed by atoms with Gasteiger partial charge in [-0.3, -0.25) is 19.6 Å². The van der Waals surface area contributed by atoms with Gasteiger partial charge in [-0.2, -0.15) is 5.10 Å². The lowest BCUT2D eigenvalue weighted by Gasteiger charge is -2.07. The predicted octanol–water partition coefficient (Wildman–Crippen LogP) is 1.80. The van der Waals surface area contributed by atoms with Crippen molar-refractivity contribution in [2.45, 2.75) is 20.4 Å². The summed E-state index contributed by atoms with van der Waals surface area (Å²) in [4.78, 5) is 38.9. The van der Waals surface area contributed by atoms with Gasteiger partial charge >= 0.3 is 11.7 Å². The number of carbonyl (C=O) groups is 2. The average Bonchev–Trinajstić information content (AvgIpc) is 3.09. The van der Waals surface area contributed by atoms with E-state index in [1.807, 2.05) is 0 Å². The molecule has 1 amide bonds. The normalized spacial score (nSPS) is 11.2. The molecule has 176 valence electrons. The highest BCUT2D eigenvalue weighted by Crippen LogP contribution is 2.22. The third-order valence-corrected chi connectivity index (χ3v) is 4.78. The highest BCUT2D eigenvalue weighted by Gasteiger charge is 2.22. The Morgan fingerprint density at radius 3 is 2.44 bits per heavy atom. The smallest absolute Gasteiger partial charge is 0.365 e. The van der Waals surface area contributed by atoms with E-state index in [9.17, 15) is 19.7 Å². The van der Waals surface area contributed by atoms with E-state index in [0.717, 1.165) is 0 Å². The van der Waals surface area contributed by atoms with Crippen LogP contribution in [0.15, 0.2) is 53.7 Å². The van der Waals surface area contributed by atoms with Gasteiger partial charge in [0.1, 0.15) is 17.1 Å². The van der Waals surface area contributed by atoms with Crippen molar-refractivity contribution in [3.63, 3.8) is 0 Å². The van der Waals surface area contributed by atoms with Gasteiger partial charge in [0.2, 0.25) is 0 Å². The minimum atomic E-state index is -0.731. The lowest BCUT2D eigenvalue weighted by Crippen LogP contribution is -2.20. The van der Waals surface area contributed by atoms with Crippen molar-refractivity contribution in [3.05, 3.63) is 86.7 Å². The summed E-state index contributed by atoms with van der Waals surface area (Å²) in [5.41, 5.74) is 13.0. The Bertz CT molecular complexity index is 1270. The van der Waals surface area contributed by atoms with E-state index in [4.69, 9.17) is 21.0 Å². The lowest BCUT2D eigenvalue weighted by atomic mass is 10.1. The van der Waals surface area contributed by atoms with Gasteiger partial charge in [0.25, 0.3) is 5.91 Å². The van der Waals surface area contributed by atoms with E-state index in [0.29, 0.717) is 28.3 Å². The van der Waals surface area contributed by atoms with Gasteiger partial charge in [0, 0.05) is 5.56 Å². The molecule has 0 saturated carbocycles. The quantitative estimate of drug-likeness (QED) is 0.157. The van der Waals surface area contributed by atoms with Crippen LogP contribution in [0.3, 0.4) is 0 Å². The number of aromatic nitrogens is 2. The van der Waals surface area contributed by atoms with Crippen LogP contribution in [0.1, 0.15) is 32.9 Å². The first kappa shape index (κ1) is 23.9. The van der Waals surface area contributed by atoms with Crippen LogP contribution in [0.25, 0.3) is 0 Å². The largest absolute Gasteiger partial charge is 0.484 e. The van der Waals surface area contributed by atoms with Crippen LogP contribution in [0, 0.1) is 24.0 Å². The molecule has 1 heterocycles. The monoisotopic (exact) mass is 466 g/mol. The standard InChI is InChI=1S/C22H22N6O6/c1-13-20(28(31)32)14(2)27(25-13)11-15-4-3-5-17(10-15)22(30)34-26-21(24)16-6-8-18(9-7-16)33-12-19(23)29/h3-10H,11-12H2,1-2H3,(H2,23,29)(H2,24,26). The van der Waals surface area contributed by atoms with Gasteiger partial charge in [0.05, 0.1) is 17.0 Å². The van der Waals surface area contributed by atoms with Crippen LogP contribution in [-0.4, -0.2) is 39.0 Å². The SMILES string of the molecule is Cc1nn(Cc2cccc(C(=O)O/N=C(\N)c3ccc(OCC(N)=O)cc3)c2)c(C)c1[N+](=O)[O-]. The molecule has 2 aromatic carbocycles. The number of oxime groups is 1. The van der Waals surface area contributed by atoms with Crippen molar-refractivity contribution < 1.29 is 24.1 Å². The number of hydrogen-bond acceptors (Lipinski definition) is 8. The third kappa shape index (κ3) is 5.73. The molecule has 4 N–H and O–H groups in total. The fourth-order valence-electron chi connectivity index (χ4n) is 3.15. The summed E-state index contributed by atoms with van der Waals surface area (Å²) in [6.45, 7) is 3.16. The fraction of sp³-hybridized carbons (Fsp3) is 0.182. The molecule has 0 unspecified atom stereocenters. The predicted molar refractivity (Wildman–Crippen MR) is 121 cm³/mol. The number of primary amides is 1. The van der Waals surface area contributed by atoms with Gasteiger partial charge in [-0.25, -0.2) is 4.79 Å². The molecule has 3 aromatic rings. The number of nitro groups is 1. The number of nitrogens with zero attached hydrogens (tertiary/aromatic N) is 4. The van der Waals surface area contributed by atoms with Crippen molar-refractivity contribution >= 4 is 23.4 Å². The summed E-state index contributed by atoms with van der Waals surface area (Å²) in [5, 5.41) is 19.1. The maximum absolute atomic E-state index is 12.4. The first-order valence-electron chi connectivity index (χ1n) is 9.99. The molecular formula is C22H22N6O6. The summed E-state index contributed by atoms with van der Waals surface area (Å²) in [6.07, 6.45) is 0. The molecule has 0 aliphatic rings. The highest BCUT2D eigenvalue weighted by atomic mass is 16.7. The second-order valence-electron chi connectivity index (χ2n) is 7.27. The topological polar surface area (TPSA) is 178 Å². The average molecular weight is 466 g/mol. The number of carbonyl (C=O) groups excluding carboxylic acids is 2. The molecule has 0 aliphatic heterocycles. The lowest BCUT2D eigenvalue weighted by molar-refractivity contribution is -0.386. The second kappa shape index (κ2) is 10.3. The molecule has 3 rings (SSSR count). The summed E-state index contributed by atoms with van der Waals surface area (Å²) in [6, 6.07) is 12.8. The summed E-state index contributed by atoms with van der Waals surface area (Å²) in [7, 11) is 0. The summed E-state index contributed by atoms with van der Waals surface area (Å²) in [5.74, 6) is -0.958. The third-order valence-electron chi connectivity index (χ3n) is 4.78. The molecule has 1 aromatic heterocycles. The van der Waals surface area contributed by atoms with Gasteiger partial charge in [-0.05, 0) is 55.8 Å². The van der Waals surface area contributed by atoms with E-state index < -0.39 is 16.8 Å². The van der Waals surface area contributed by atoms with Crippen LogP contribution >= 0.6 is 0 Å². The number of amides is 1. The maximum Gasteiger partial charge on any atom is 0.365 e. The van der Waals surface area contributed by atoms with E-state index in [-0.39, 0.29) is 30.2 Å². The van der Waals surface area contributed by atoms with Crippen molar-refractivity contribution in [2.24, 2.45) is 16.6 Å². The van der Waals surface area contributed by atoms with Crippen LogP contribution in [0.2, 0.25) is 0 Å². The zero-order valence-corrected chi connectivity index (χ0v) is 18.4. The Balaban J connectivity index is 1.67. The molecule has 0 radical (unpaired) electrons. The minimum Gasteiger partial charge on any atom is -0.484 e. The Morgan fingerprint density at radius 1 is 1.12 bits per heavy atom. The van der Waals surface area contributed by atoms with Crippen molar-refractivity contribution in [3.8, 4) is 5.75 Å². The van der Waals surface area contributed by atoms with Gasteiger partial charge in [0.15, 0.2) is 12.4 Å². The molecule has 0 saturated heterocycles. The number of nitrogens with two attached hydrogens (primary N) is 2. The molecule has 34 heavy (non-hydrogen) atoms. The minimum absolute atomic E-state index is 0.0344. The number of ether oxygens (including phenoxy) is 1. The molecule has 0 aliphatic carbocycles. The second-order valence-corrected chi connectivity index (χ2v) is 7.27. The highest BCUT2D eigenvalue weighted by molar-refractivity contribution is 5.98. The van der Waals surface area contributed by atoms with Gasteiger partial charge in [-0.15, -0.1) is 0 Å². The van der Waals surface area contributed by atoms with E-state index >= 15 is 0 Å². The summed E-state index contributed by atoms with van der Waals surface area (Å²) < 4.78 is 6.66. The molecule has 0 bridgehead atoms. The van der Waals surface area contributed by atoms with Gasteiger partial charge in [-0.1, -0.05) is 17.3 Å². The zero-order chi connectivity index (χ0) is 24.8. The Hall–Kier alpha value is -4.74. The molecule has 12 nitrogen and oxygen atoms in total. The van der Waals surface area contributed by atoms with Crippen LogP contribution in [0.4, 0.5) is 5.69 Å². The van der Waals surface area contributed by atoms with Crippen molar-refractivity contribution in [1.82, 2.24) is 9.78 Å². The molecule has 0 atom stereocenters. The number of aryl methyl sites for hydroxylation is 1. The number of rotatable bonds is 9. The molecular weight excluding hydrogens is 444 g/mol. The number of amidine groups is 1. The molecule has 12 heteroatoms. The van der Waals surface area contributed by atoms with Crippen molar-refractivity contribution in [1.29, 1.82) is 0 Å². The first-order valence-corrected chi connectivity index (χ1v) is 9.99. The number of hydrogen-bond donors (Lipinski definition) is 2. The fourth-order valence-corrected chi connectivity index (χ4v) is 3.15. The van der Waals surface area contributed by atoms with Crippen molar-refractivity contribution in [2.75, 3.05) is 6.61 Å². The van der Waals surface area contributed by atoms with E-state index in [1.54, 1.807) is 62.4 Å². The zero-order valence-electron chi connectivity index (χ0n) is 18.4. The van der Waals surface area contributed by atoms with Gasteiger partial charge < -0.3 is 21.0 Å². The molecule has 0 spiro atoms. The van der Waals surface area contributed by atoms with E-state index in [2.05, 4.69) is 10.3 Å². The van der Waals surface area contributed by atoms with Crippen LogP contribution in [0.5, 0.6) is 5.75 Å².